The summed E-state index contributed by atoms with van der Waals surface area (Å²) in [5, 5.41) is 3.15. The number of fused-ring (bicyclic) bond motifs is 1. The number of carbonyl (C=O) groups is 1. The normalized spacial score (nSPS) is 17.9. The van der Waals surface area contributed by atoms with Gasteiger partial charge in [-0.1, -0.05) is 30.3 Å². The van der Waals surface area contributed by atoms with Gasteiger partial charge in [0.1, 0.15) is 0 Å². The number of hydrogen-bond donors (Lipinski definition) is 1. The Morgan fingerprint density at radius 1 is 1.00 bits per heavy atom. The number of benzene rings is 2. The lowest BCUT2D eigenvalue weighted by Gasteiger charge is -2.17. The van der Waals surface area contributed by atoms with E-state index in [1.807, 2.05) is 12.1 Å². The highest BCUT2D eigenvalue weighted by molar-refractivity contribution is 5.94. The highest BCUT2D eigenvalue weighted by atomic mass is 16.1. The predicted octanol–water partition coefficient (Wildman–Crippen LogP) is 4.26. The number of nitrogens with zero attached hydrogens (tertiary/aromatic N) is 1. The third kappa shape index (κ3) is 3.83. The van der Waals surface area contributed by atoms with Crippen molar-refractivity contribution in [3.05, 3.63) is 70.3 Å². The van der Waals surface area contributed by atoms with E-state index in [0.717, 1.165) is 12.1 Å². The average molecular weight is 348 g/mol. The molecule has 136 valence electrons. The Bertz CT molecular complexity index is 775. The maximum absolute atomic E-state index is 12.6. The van der Waals surface area contributed by atoms with Crippen molar-refractivity contribution in [3.8, 4) is 0 Å². The van der Waals surface area contributed by atoms with Crippen molar-refractivity contribution >= 4 is 5.91 Å². The molecule has 0 aromatic heterocycles. The van der Waals surface area contributed by atoms with Gasteiger partial charge in [0.25, 0.3) is 5.91 Å². The van der Waals surface area contributed by atoms with Crippen molar-refractivity contribution in [2.45, 2.75) is 51.6 Å². The molecule has 0 spiro atoms. The Morgan fingerprint density at radius 3 is 2.50 bits per heavy atom. The van der Waals surface area contributed by atoms with Crippen LogP contribution in [0, 0.1) is 0 Å². The van der Waals surface area contributed by atoms with Crippen LogP contribution in [0.1, 0.15) is 64.8 Å². The Morgan fingerprint density at radius 2 is 1.73 bits per heavy atom. The lowest BCUT2D eigenvalue weighted by molar-refractivity contribution is 0.0940. The standard InChI is InChI=1S/C23H28N2O/c1-17(21-12-11-19-5-4-6-22(19)15-21)24-23(26)20-9-7-18(8-10-20)16-25-13-2-3-14-25/h7-12,15,17H,2-6,13-14,16H2,1H3,(H,24,26)/t17-/m0/s1. The van der Waals surface area contributed by atoms with E-state index in [2.05, 4.69) is 47.5 Å². The van der Waals surface area contributed by atoms with Crippen LogP contribution >= 0.6 is 0 Å². The molecule has 3 nitrogen and oxygen atoms in total. The molecule has 1 fully saturated rings. The van der Waals surface area contributed by atoms with Crippen LogP contribution in [-0.2, 0) is 19.4 Å². The number of carbonyl (C=O) groups excluding carboxylic acids is 1. The smallest absolute Gasteiger partial charge is 0.251 e. The fraction of sp³-hybridized carbons (Fsp3) is 0.435. The summed E-state index contributed by atoms with van der Waals surface area (Å²) in [6.07, 6.45) is 6.23. The van der Waals surface area contributed by atoms with Gasteiger partial charge in [-0.25, -0.2) is 0 Å². The molecule has 1 heterocycles. The largest absolute Gasteiger partial charge is 0.346 e. The molecule has 3 heteroatoms. The van der Waals surface area contributed by atoms with Gasteiger partial charge in [0.05, 0.1) is 6.04 Å². The van der Waals surface area contributed by atoms with Crippen molar-refractivity contribution < 1.29 is 4.79 Å². The zero-order valence-electron chi connectivity index (χ0n) is 15.6. The predicted molar refractivity (Wildman–Crippen MR) is 105 cm³/mol. The molecule has 1 saturated heterocycles. The molecule has 1 aliphatic heterocycles. The summed E-state index contributed by atoms with van der Waals surface area (Å²) >= 11 is 0. The third-order valence-corrected chi connectivity index (χ3v) is 5.79. The van der Waals surface area contributed by atoms with Crippen molar-refractivity contribution in [3.63, 3.8) is 0 Å². The minimum Gasteiger partial charge on any atom is -0.346 e. The minimum atomic E-state index is 0.00530. The van der Waals surface area contributed by atoms with Crippen LogP contribution in [0.3, 0.4) is 0 Å². The molecule has 1 N–H and O–H groups in total. The molecule has 26 heavy (non-hydrogen) atoms. The van der Waals surface area contributed by atoms with E-state index < -0.39 is 0 Å². The second kappa shape index (κ2) is 7.63. The number of amides is 1. The zero-order valence-corrected chi connectivity index (χ0v) is 15.6. The van der Waals surface area contributed by atoms with Crippen molar-refractivity contribution in [2.24, 2.45) is 0 Å². The van der Waals surface area contributed by atoms with Gasteiger partial charge in [0.2, 0.25) is 0 Å². The molecule has 2 aromatic carbocycles. The monoisotopic (exact) mass is 348 g/mol. The number of hydrogen-bond acceptors (Lipinski definition) is 2. The van der Waals surface area contributed by atoms with Gasteiger partial charge >= 0.3 is 0 Å². The summed E-state index contributed by atoms with van der Waals surface area (Å²) in [6, 6.07) is 14.8. The SMILES string of the molecule is C[C@H](NC(=O)c1ccc(CN2CCCC2)cc1)c1ccc2c(c1)CCC2. The zero-order chi connectivity index (χ0) is 17.9. The number of likely N-dealkylation sites (tertiary alicyclic amines) is 1. The summed E-state index contributed by atoms with van der Waals surface area (Å²) in [5.74, 6) is 0.00530. The van der Waals surface area contributed by atoms with Crippen LogP contribution in [-0.4, -0.2) is 23.9 Å². The summed E-state index contributed by atoms with van der Waals surface area (Å²) in [5.41, 5.74) is 6.15. The highest BCUT2D eigenvalue weighted by Gasteiger charge is 2.16. The molecule has 0 bridgehead atoms. The highest BCUT2D eigenvalue weighted by Crippen LogP contribution is 2.25. The molecule has 1 amide bonds. The molecular formula is C23H28N2O. The minimum absolute atomic E-state index is 0.00530. The van der Waals surface area contributed by atoms with Crippen molar-refractivity contribution in [1.82, 2.24) is 10.2 Å². The molecule has 4 rings (SSSR count). The first-order valence-electron chi connectivity index (χ1n) is 9.93. The van der Waals surface area contributed by atoms with E-state index >= 15 is 0 Å². The Labute approximate surface area is 156 Å². The van der Waals surface area contributed by atoms with Gasteiger partial charge in [0, 0.05) is 12.1 Å². The van der Waals surface area contributed by atoms with Gasteiger partial charge in [0.15, 0.2) is 0 Å². The van der Waals surface area contributed by atoms with Crippen LogP contribution < -0.4 is 5.32 Å². The van der Waals surface area contributed by atoms with Crippen LogP contribution in [0.4, 0.5) is 0 Å². The van der Waals surface area contributed by atoms with Gasteiger partial charge in [-0.3, -0.25) is 9.69 Å². The van der Waals surface area contributed by atoms with Crippen LogP contribution in [0.15, 0.2) is 42.5 Å². The van der Waals surface area contributed by atoms with E-state index in [1.165, 1.54) is 67.4 Å². The van der Waals surface area contributed by atoms with Crippen LogP contribution in [0.2, 0.25) is 0 Å². The molecule has 1 aliphatic carbocycles. The number of nitrogens with one attached hydrogen (secondary N) is 1. The molecular weight excluding hydrogens is 320 g/mol. The first kappa shape index (κ1) is 17.3. The van der Waals surface area contributed by atoms with Gasteiger partial charge in [-0.2, -0.15) is 0 Å². The summed E-state index contributed by atoms with van der Waals surface area (Å²) < 4.78 is 0. The molecule has 0 radical (unpaired) electrons. The van der Waals surface area contributed by atoms with Crippen LogP contribution in [0.25, 0.3) is 0 Å². The fourth-order valence-corrected chi connectivity index (χ4v) is 4.18. The Kier molecular flexibility index (Phi) is 5.07. The van der Waals surface area contributed by atoms with E-state index in [4.69, 9.17) is 0 Å². The van der Waals surface area contributed by atoms with Crippen LogP contribution in [0.5, 0.6) is 0 Å². The Balaban J connectivity index is 1.37. The molecule has 2 aromatic rings. The van der Waals surface area contributed by atoms with E-state index in [0.29, 0.717) is 0 Å². The maximum atomic E-state index is 12.6. The second-order valence-corrected chi connectivity index (χ2v) is 7.76. The third-order valence-electron chi connectivity index (χ3n) is 5.79. The molecule has 1 atom stereocenters. The molecule has 2 aliphatic rings. The van der Waals surface area contributed by atoms with Gasteiger partial charge in [-0.05, 0) is 86.5 Å². The van der Waals surface area contributed by atoms with Crippen molar-refractivity contribution in [1.29, 1.82) is 0 Å². The molecule has 0 unspecified atom stereocenters. The van der Waals surface area contributed by atoms with Crippen molar-refractivity contribution in [2.75, 3.05) is 13.1 Å². The number of rotatable bonds is 5. The van der Waals surface area contributed by atoms with E-state index in [9.17, 15) is 4.79 Å². The summed E-state index contributed by atoms with van der Waals surface area (Å²) in [6.45, 7) is 5.45. The lowest BCUT2D eigenvalue weighted by atomic mass is 10.0. The van der Waals surface area contributed by atoms with Gasteiger partial charge in [-0.15, -0.1) is 0 Å². The van der Waals surface area contributed by atoms with E-state index in [1.54, 1.807) is 0 Å². The lowest BCUT2D eigenvalue weighted by Crippen LogP contribution is -2.26. The molecule has 0 saturated carbocycles. The first-order chi connectivity index (χ1) is 12.7. The first-order valence-corrected chi connectivity index (χ1v) is 9.93. The topological polar surface area (TPSA) is 32.3 Å². The van der Waals surface area contributed by atoms with E-state index in [-0.39, 0.29) is 11.9 Å². The number of aryl methyl sites for hydroxylation is 2. The average Bonchev–Trinajstić information content (AvgIpc) is 3.33. The summed E-state index contributed by atoms with van der Waals surface area (Å²) in [7, 11) is 0. The maximum Gasteiger partial charge on any atom is 0.251 e. The second-order valence-electron chi connectivity index (χ2n) is 7.76. The van der Waals surface area contributed by atoms with Gasteiger partial charge < -0.3 is 5.32 Å². The quantitative estimate of drug-likeness (QED) is 0.875. The fourth-order valence-electron chi connectivity index (χ4n) is 4.18. The summed E-state index contributed by atoms with van der Waals surface area (Å²) in [4.78, 5) is 15.1. The Hall–Kier alpha value is -2.13.